The second kappa shape index (κ2) is 7.54. The van der Waals surface area contributed by atoms with Gasteiger partial charge in [0.25, 0.3) is 5.91 Å². The van der Waals surface area contributed by atoms with Crippen molar-refractivity contribution in [1.29, 1.82) is 5.26 Å². The van der Waals surface area contributed by atoms with E-state index in [4.69, 9.17) is 5.73 Å². The van der Waals surface area contributed by atoms with Crippen molar-refractivity contribution in [3.8, 4) is 6.07 Å². The van der Waals surface area contributed by atoms with E-state index >= 15 is 0 Å². The van der Waals surface area contributed by atoms with Crippen LogP contribution in [0.4, 0.5) is 15.9 Å². The van der Waals surface area contributed by atoms with Gasteiger partial charge in [-0.3, -0.25) is 9.48 Å². The van der Waals surface area contributed by atoms with Crippen molar-refractivity contribution in [2.24, 2.45) is 11.7 Å². The van der Waals surface area contributed by atoms with E-state index in [9.17, 15) is 14.4 Å². The third kappa shape index (κ3) is 3.68. The average molecular weight is 356 g/mol. The number of amides is 1. The van der Waals surface area contributed by atoms with E-state index in [0.717, 1.165) is 19.3 Å². The summed E-state index contributed by atoms with van der Waals surface area (Å²) in [4.78, 5) is 11.8. The lowest BCUT2D eigenvalue weighted by atomic mass is 9.82. The van der Waals surface area contributed by atoms with Crippen LogP contribution in [0.2, 0.25) is 0 Å². The Kier molecular flexibility index (Phi) is 5.19. The summed E-state index contributed by atoms with van der Waals surface area (Å²) < 4.78 is 14.7. The van der Waals surface area contributed by atoms with Crippen molar-refractivity contribution < 1.29 is 9.18 Å². The minimum Gasteiger partial charge on any atom is -0.365 e. The molecule has 8 heteroatoms. The minimum atomic E-state index is -0.613. The third-order valence-electron chi connectivity index (χ3n) is 4.83. The first-order chi connectivity index (χ1) is 12.5. The highest BCUT2D eigenvalue weighted by Crippen LogP contribution is 2.34. The molecule has 0 bridgehead atoms. The van der Waals surface area contributed by atoms with E-state index in [1.807, 2.05) is 7.05 Å². The van der Waals surface area contributed by atoms with Crippen molar-refractivity contribution in [2.75, 3.05) is 12.4 Å². The molecule has 1 aromatic carbocycles. The standard InChI is InChI=1S/C18H21FN6O/c1-22-14-6-7-16(11(8-14)9-20)25-10-15(17(21)26)18(24-25)23-13-4-2-12(19)3-5-13/h2-5,10-11,14,16,22H,6-8H2,1H3,(H2,21,26)(H,23,24)/t11-,14?,16+/m1/s1. The summed E-state index contributed by atoms with van der Waals surface area (Å²) in [6, 6.07) is 8.27. The maximum absolute atomic E-state index is 13.1. The zero-order valence-electron chi connectivity index (χ0n) is 14.4. The van der Waals surface area contributed by atoms with E-state index in [1.165, 1.54) is 12.1 Å². The molecule has 0 radical (unpaired) electrons. The van der Waals surface area contributed by atoms with Gasteiger partial charge in [0.2, 0.25) is 0 Å². The molecule has 0 saturated heterocycles. The first kappa shape index (κ1) is 17.9. The molecule has 4 N–H and O–H groups in total. The van der Waals surface area contributed by atoms with Crippen LogP contribution in [-0.4, -0.2) is 28.8 Å². The molecular formula is C18H21FN6O. The second-order valence-corrected chi connectivity index (χ2v) is 6.47. The number of rotatable bonds is 5. The van der Waals surface area contributed by atoms with Crippen LogP contribution in [0, 0.1) is 23.1 Å². The largest absolute Gasteiger partial charge is 0.365 e. The summed E-state index contributed by atoms with van der Waals surface area (Å²) in [6.45, 7) is 0. The number of primary amides is 1. The Morgan fingerprint density at radius 3 is 2.73 bits per heavy atom. The zero-order valence-corrected chi connectivity index (χ0v) is 14.4. The summed E-state index contributed by atoms with van der Waals surface area (Å²) in [7, 11) is 1.89. The number of carbonyl (C=O) groups excluding carboxylic acids is 1. The SMILES string of the molecule is CNC1CC[C@H](n2cc(C(N)=O)c(Nc3ccc(F)cc3)n2)[C@@H](C#N)C1. The van der Waals surface area contributed by atoms with Crippen LogP contribution >= 0.6 is 0 Å². The van der Waals surface area contributed by atoms with Crippen molar-refractivity contribution in [1.82, 2.24) is 15.1 Å². The third-order valence-corrected chi connectivity index (χ3v) is 4.83. The second-order valence-electron chi connectivity index (χ2n) is 6.47. The molecule has 1 aromatic heterocycles. The van der Waals surface area contributed by atoms with Crippen LogP contribution in [0.25, 0.3) is 0 Å². The summed E-state index contributed by atoms with van der Waals surface area (Å²) in [5.41, 5.74) is 6.31. The number of benzene rings is 1. The Balaban J connectivity index is 1.88. The van der Waals surface area contributed by atoms with Crippen LogP contribution < -0.4 is 16.4 Å². The van der Waals surface area contributed by atoms with E-state index in [-0.39, 0.29) is 23.3 Å². The Morgan fingerprint density at radius 1 is 1.38 bits per heavy atom. The maximum Gasteiger partial charge on any atom is 0.254 e. The van der Waals surface area contributed by atoms with E-state index in [1.54, 1.807) is 23.0 Å². The van der Waals surface area contributed by atoms with Crippen LogP contribution in [0.15, 0.2) is 30.5 Å². The highest BCUT2D eigenvalue weighted by molar-refractivity contribution is 5.98. The number of nitriles is 1. The zero-order chi connectivity index (χ0) is 18.7. The predicted octanol–water partition coefficient (Wildman–Crippen LogP) is 2.32. The minimum absolute atomic E-state index is 0.119. The molecule has 1 aliphatic rings. The first-order valence-electron chi connectivity index (χ1n) is 8.50. The normalized spacial score (nSPS) is 22.6. The van der Waals surface area contributed by atoms with Crippen LogP contribution in [-0.2, 0) is 0 Å². The summed E-state index contributed by atoms with van der Waals surface area (Å²) in [6.07, 6.45) is 4.01. The summed E-state index contributed by atoms with van der Waals surface area (Å²) >= 11 is 0. The molecule has 136 valence electrons. The van der Waals surface area contributed by atoms with Gasteiger partial charge in [-0.15, -0.1) is 0 Å². The molecule has 1 amide bonds. The number of nitrogens with one attached hydrogen (secondary N) is 2. The molecule has 1 heterocycles. The van der Waals surface area contributed by atoms with Crippen LogP contribution in [0.1, 0.15) is 35.7 Å². The van der Waals surface area contributed by atoms with Crippen LogP contribution in [0.5, 0.6) is 0 Å². The quantitative estimate of drug-likeness (QED) is 0.762. The number of anilines is 2. The van der Waals surface area contributed by atoms with Crippen molar-refractivity contribution >= 4 is 17.4 Å². The predicted molar refractivity (Wildman–Crippen MR) is 95.3 cm³/mol. The molecular weight excluding hydrogens is 335 g/mol. The van der Waals surface area contributed by atoms with Gasteiger partial charge >= 0.3 is 0 Å². The van der Waals surface area contributed by atoms with Gasteiger partial charge in [-0.1, -0.05) is 0 Å². The van der Waals surface area contributed by atoms with Gasteiger partial charge in [-0.05, 0) is 50.6 Å². The van der Waals surface area contributed by atoms with Gasteiger partial charge in [0, 0.05) is 17.9 Å². The molecule has 26 heavy (non-hydrogen) atoms. The molecule has 3 atom stereocenters. The van der Waals surface area contributed by atoms with Gasteiger partial charge in [-0.2, -0.15) is 10.4 Å². The van der Waals surface area contributed by atoms with Crippen LogP contribution in [0.3, 0.4) is 0 Å². The van der Waals surface area contributed by atoms with Crippen molar-refractivity contribution in [3.63, 3.8) is 0 Å². The number of carbonyl (C=O) groups is 1. The Morgan fingerprint density at radius 2 is 2.12 bits per heavy atom. The topological polar surface area (TPSA) is 109 Å². The molecule has 1 saturated carbocycles. The number of nitrogens with zero attached hydrogens (tertiary/aromatic N) is 3. The molecule has 1 unspecified atom stereocenters. The van der Waals surface area contributed by atoms with E-state index in [2.05, 4.69) is 21.8 Å². The highest BCUT2D eigenvalue weighted by Gasteiger charge is 2.32. The van der Waals surface area contributed by atoms with Gasteiger partial charge < -0.3 is 16.4 Å². The average Bonchev–Trinajstić information content (AvgIpc) is 3.07. The van der Waals surface area contributed by atoms with E-state index < -0.39 is 5.91 Å². The fraction of sp³-hybridized carbons (Fsp3) is 0.389. The van der Waals surface area contributed by atoms with Gasteiger partial charge in [0.1, 0.15) is 11.4 Å². The lowest BCUT2D eigenvalue weighted by Gasteiger charge is -2.32. The smallest absolute Gasteiger partial charge is 0.254 e. The number of nitrogens with two attached hydrogens (primary N) is 1. The number of halogens is 1. The molecule has 7 nitrogen and oxygen atoms in total. The monoisotopic (exact) mass is 356 g/mol. The number of hydrogen-bond acceptors (Lipinski definition) is 5. The lowest BCUT2D eigenvalue weighted by Crippen LogP contribution is -2.36. The number of hydrogen-bond donors (Lipinski definition) is 3. The highest BCUT2D eigenvalue weighted by atomic mass is 19.1. The Bertz CT molecular complexity index is 825. The fourth-order valence-corrected chi connectivity index (χ4v) is 3.38. The number of aromatic nitrogens is 2. The molecule has 3 rings (SSSR count). The van der Waals surface area contributed by atoms with Gasteiger partial charge in [0.15, 0.2) is 5.82 Å². The summed E-state index contributed by atoms with van der Waals surface area (Å²) in [5, 5.41) is 20.2. The maximum atomic E-state index is 13.1. The molecule has 2 aromatic rings. The molecule has 0 spiro atoms. The molecule has 1 fully saturated rings. The molecule has 1 aliphatic carbocycles. The Labute approximate surface area is 151 Å². The van der Waals surface area contributed by atoms with Crippen molar-refractivity contribution in [3.05, 3.63) is 41.8 Å². The van der Waals surface area contributed by atoms with E-state index in [0.29, 0.717) is 17.5 Å². The van der Waals surface area contributed by atoms with Gasteiger partial charge in [-0.25, -0.2) is 4.39 Å². The molecule has 0 aliphatic heterocycles. The van der Waals surface area contributed by atoms with Gasteiger partial charge in [0.05, 0.1) is 18.0 Å². The summed E-state index contributed by atoms with van der Waals surface area (Å²) in [5.74, 6) is -0.871. The lowest BCUT2D eigenvalue weighted by molar-refractivity contribution is 0.100. The fourth-order valence-electron chi connectivity index (χ4n) is 3.38. The first-order valence-corrected chi connectivity index (χ1v) is 8.50. The Hall–Kier alpha value is -2.92. The van der Waals surface area contributed by atoms with Crippen molar-refractivity contribution in [2.45, 2.75) is 31.3 Å².